The first-order chi connectivity index (χ1) is 12.6. The fraction of sp³-hybridized carbons (Fsp3) is 0.273. The zero-order chi connectivity index (χ0) is 18.5. The van der Waals surface area contributed by atoms with E-state index in [-0.39, 0.29) is 5.56 Å². The molecule has 0 saturated heterocycles. The molecule has 0 unspecified atom stereocenters. The number of thioether (sulfide) groups is 1. The normalized spacial score (nSPS) is 10.9. The zero-order valence-corrected chi connectivity index (χ0v) is 16.3. The quantitative estimate of drug-likeness (QED) is 0.476. The summed E-state index contributed by atoms with van der Waals surface area (Å²) >= 11 is 1.61. The van der Waals surface area contributed by atoms with Gasteiger partial charge in [0.25, 0.3) is 5.56 Å². The summed E-state index contributed by atoms with van der Waals surface area (Å²) in [6.07, 6.45) is 1.39. The number of aromatic nitrogens is 2. The van der Waals surface area contributed by atoms with Gasteiger partial charge in [0.1, 0.15) is 0 Å². The highest BCUT2D eigenvalue weighted by Gasteiger charge is 2.14. The van der Waals surface area contributed by atoms with Crippen molar-refractivity contribution in [2.24, 2.45) is 7.05 Å². The Bertz CT molecular complexity index is 948. The molecule has 134 valence electrons. The lowest BCUT2D eigenvalue weighted by Gasteiger charge is -2.13. The second kappa shape index (κ2) is 8.37. The van der Waals surface area contributed by atoms with Gasteiger partial charge < -0.3 is 0 Å². The van der Waals surface area contributed by atoms with Crippen molar-refractivity contribution in [2.45, 2.75) is 37.6 Å². The summed E-state index contributed by atoms with van der Waals surface area (Å²) < 4.78 is 1.69. The largest absolute Gasteiger partial charge is 0.291 e. The molecule has 1 aromatic heterocycles. The van der Waals surface area contributed by atoms with Crippen LogP contribution in [0.25, 0.3) is 0 Å². The molecular weight excluding hydrogens is 340 g/mol. The molecule has 0 aliphatic heterocycles. The molecule has 0 atom stereocenters. The Labute approximate surface area is 159 Å². The molecule has 0 fully saturated rings. The SMILES string of the molecule is CCc1nc(SCc2ccccc2)n(C)c(=O)c1Cc1cccc(C)c1. The summed E-state index contributed by atoms with van der Waals surface area (Å²) in [4.78, 5) is 17.8. The molecule has 1 heterocycles. The van der Waals surface area contributed by atoms with Crippen LogP contribution < -0.4 is 5.56 Å². The molecule has 0 radical (unpaired) electrons. The van der Waals surface area contributed by atoms with Crippen LogP contribution in [0.1, 0.15) is 34.9 Å². The third-order valence-electron chi connectivity index (χ3n) is 4.44. The standard InChI is InChI=1S/C22H24N2OS/c1-4-20-19(14-18-12-8-9-16(2)13-18)21(25)24(3)22(23-20)26-15-17-10-6-5-7-11-17/h5-13H,4,14-15H2,1-3H3. The molecule has 4 heteroatoms. The number of hydrogen-bond acceptors (Lipinski definition) is 3. The Balaban J connectivity index is 1.90. The van der Waals surface area contributed by atoms with E-state index in [1.165, 1.54) is 11.1 Å². The van der Waals surface area contributed by atoms with E-state index in [2.05, 4.69) is 44.2 Å². The highest BCUT2D eigenvalue weighted by atomic mass is 32.2. The van der Waals surface area contributed by atoms with E-state index in [9.17, 15) is 4.79 Å². The van der Waals surface area contributed by atoms with Crippen molar-refractivity contribution < 1.29 is 0 Å². The van der Waals surface area contributed by atoms with E-state index in [1.807, 2.05) is 31.3 Å². The zero-order valence-electron chi connectivity index (χ0n) is 15.5. The van der Waals surface area contributed by atoms with Gasteiger partial charge in [-0.2, -0.15) is 0 Å². The number of aryl methyl sites for hydroxylation is 2. The predicted molar refractivity (Wildman–Crippen MR) is 109 cm³/mol. The van der Waals surface area contributed by atoms with Gasteiger partial charge in [-0.15, -0.1) is 0 Å². The van der Waals surface area contributed by atoms with Crippen molar-refractivity contribution in [1.82, 2.24) is 9.55 Å². The first kappa shape index (κ1) is 18.5. The summed E-state index contributed by atoms with van der Waals surface area (Å²) in [5.74, 6) is 0.807. The molecule has 2 aromatic carbocycles. The van der Waals surface area contributed by atoms with Crippen LogP contribution in [0.2, 0.25) is 0 Å². The minimum atomic E-state index is 0.0638. The lowest BCUT2D eigenvalue weighted by atomic mass is 10.0. The molecule has 26 heavy (non-hydrogen) atoms. The molecular formula is C22H24N2OS. The number of rotatable bonds is 6. The summed E-state index contributed by atoms with van der Waals surface area (Å²) in [7, 11) is 1.82. The fourth-order valence-electron chi connectivity index (χ4n) is 3.02. The lowest BCUT2D eigenvalue weighted by Crippen LogP contribution is -2.26. The van der Waals surface area contributed by atoms with Crippen LogP contribution in [-0.4, -0.2) is 9.55 Å². The van der Waals surface area contributed by atoms with Crippen molar-refractivity contribution in [3.63, 3.8) is 0 Å². The maximum atomic E-state index is 13.0. The van der Waals surface area contributed by atoms with Crippen LogP contribution >= 0.6 is 11.8 Å². The summed E-state index contributed by atoms with van der Waals surface area (Å²) in [5.41, 5.74) is 5.38. The Morgan fingerprint density at radius 3 is 2.46 bits per heavy atom. The van der Waals surface area contributed by atoms with Crippen LogP contribution in [0.3, 0.4) is 0 Å². The van der Waals surface area contributed by atoms with Crippen LogP contribution in [-0.2, 0) is 25.6 Å². The number of nitrogens with zero attached hydrogens (tertiary/aromatic N) is 2. The van der Waals surface area contributed by atoms with Gasteiger partial charge in [0.05, 0.1) is 5.69 Å². The Kier molecular flexibility index (Phi) is 5.94. The van der Waals surface area contributed by atoms with Gasteiger partial charge in [-0.25, -0.2) is 4.98 Å². The maximum absolute atomic E-state index is 13.0. The van der Waals surface area contributed by atoms with Crippen LogP contribution in [0, 0.1) is 6.92 Å². The van der Waals surface area contributed by atoms with Crippen LogP contribution in [0.4, 0.5) is 0 Å². The molecule has 0 saturated carbocycles. The van der Waals surface area contributed by atoms with Crippen molar-refractivity contribution in [2.75, 3.05) is 0 Å². The summed E-state index contributed by atoms with van der Waals surface area (Å²) in [6, 6.07) is 18.6. The minimum Gasteiger partial charge on any atom is -0.291 e. The van der Waals surface area contributed by atoms with Crippen molar-refractivity contribution in [1.29, 1.82) is 0 Å². The molecule has 0 aliphatic rings. The molecule has 0 amide bonds. The summed E-state index contributed by atoms with van der Waals surface area (Å²) in [6.45, 7) is 4.14. The maximum Gasteiger partial charge on any atom is 0.257 e. The molecule has 3 rings (SSSR count). The second-order valence-electron chi connectivity index (χ2n) is 6.48. The van der Waals surface area contributed by atoms with E-state index in [0.717, 1.165) is 34.2 Å². The van der Waals surface area contributed by atoms with Gasteiger partial charge in [0.15, 0.2) is 5.16 Å². The molecule has 0 N–H and O–H groups in total. The highest BCUT2D eigenvalue weighted by Crippen LogP contribution is 2.21. The number of benzene rings is 2. The summed E-state index contributed by atoms with van der Waals surface area (Å²) in [5, 5.41) is 0.781. The van der Waals surface area contributed by atoms with Gasteiger partial charge in [-0.3, -0.25) is 9.36 Å². The van der Waals surface area contributed by atoms with E-state index >= 15 is 0 Å². The predicted octanol–water partition coefficient (Wildman–Crippen LogP) is 4.53. The van der Waals surface area contributed by atoms with Crippen LogP contribution in [0.15, 0.2) is 64.5 Å². The smallest absolute Gasteiger partial charge is 0.257 e. The highest BCUT2D eigenvalue weighted by molar-refractivity contribution is 7.98. The van der Waals surface area contributed by atoms with Crippen molar-refractivity contribution >= 4 is 11.8 Å². The Hall–Kier alpha value is -2.33. The average molecular weight is 365 g/mol. The molecule has 0 bridgehead atoms. The monoisotopic (exact) mass is 364 g/mol. The van der Waals surface area contributed by atoms with Gasteiger partial charge in [-0.05, 0) is 24.5 Å². The average Bonchev–Trinajstić information content (AvgIpc) is 2.66. The molecule has 3 aromatic rings. The molecule has 0 spiro atoms. The first-order valence-electron chi connectivity index (χ1n) is 8.89. The fourth-order valence-corrected chi connectivity index (χ4v) is 3.96. The Morgan fingerprint density at radius 1 is 1.04 bits per heavy atom. The van der Waals surface area contributed by atoms with Crippen LogP contribution in [0.5, 0.6) is 0 Å². The first-order valence-corrected chi connectivity index (χ1v) is 9.88. The van der Waals surface area contributed by atoms with Crippen molar-refractivity contribution in [3.05, 3.63) is 92.9 Å². The third-order valence-corrected chi connectivity index (χ3v) is 5.54. The van der Waals surface area contributed by atoms with Gasteiger partial charge in [0.2, 0.25) is 0 Å². The second-order valence-corrected chi connectivity index (χ2v) is 7.42. The number of hydrogen-bond donors (Lipinski definition) is 0. The van der Waals surface area contributed by atoms with E-state index in [4.69, 9.17) is 4.98 Å². The Morgan fingerprint density at radius 2 is 1.77 bits per heavy atom. The minimum absolute atomic E-state index is 0.0638. The topological polar surface area (TPSA) is 34.9 Å². The van der Waals surface area contributed by atoms with Crippen molar-refractivity contribution in [3.8, 4) is 0 Å². The van der Waals surface area contributed by atoms with Gasteiger partial charge >= 0.3 is 0 Å². The van der Waals surface area contributed by atoms with Gasteiger partial charge in [0, 0.05) is 24.8 Å². The van der Waals surface area contributed by atoms with E-state index in [0.29, 0.717) is 6.42 Å². The lowest BCUT2D eigenvalue weighted by molar-refractivity contribution is 0.674. The third kappa shape index (κ3) is 4.25. The molecule has 0 aliphatic carbocycles. The molecule has 3 nitrogen and oxygen atoms in total. The van der Waals surface area contributed by atoms with E-state index < -0.39 is 0 Å². The van der Waals surface area contributed by atoms with E-state index in [1.54, 1.807) is 16.3 Å². The van der Waals surface area contributed by atoms with Gasteiger partial charge in [-0.1, -0.05) is 78.8 Å².